The Bertz CT molecular complexity index is 2120. The molecule has 3 aromatic heterocycles. The minimum atomic E-state index is -1.72. The van der Waals surface area contributed by atoms with Crippen molar-refractivity contribution in [1.29, 1.82) is 0 Å². The van der Waals surface area contributed by atoms with E-state index >= 15 is 0 Å². The van der Waals surface area contributed by atoms with Crippen molar-refractivity contribution in [3.63, 3.8) is 0 Å². The van der Waals surface area contributed by atoms with Crippen LogP contribution in [0.3, 0.4) is 0 Å². The van der Waals surface area contributed by atoms with E-state index in [0.717, 1.165) is 55.6 Å². The zero-order chi connectivity index (χ0) is 32.5. The minimum absolute atomic E-state index is 0. The first-order valence-electron chi connectivity index (χ1n) is 15.5. The van der Waals surface area contributed by atoms with Gasteiger partial charge in [0.1, 0.15) is 11.4 Å². The summed E-state index contributed by atoms with van der Waals surface area (Å²) in [4.78, 5) is 9.05. The van der Waals surface area contributed by atoms with E-state index in [1.807, 2.05) is 86.8 Å². The summed E-state index contributed by atoms with van der Waals surface area (Å²) in [5.74, 6) is 6.15. The molecular weight excluding hydrogens is 808 g/mol. The Kier molecular flexibility index (Phi) is 9.93. The quantitative estimate of drug-likeness (QED) is 0.128. The second-order valence-corrected chi connectivity index (χ2v) is 22.9. The van der Waals surface area contributed by atoms with Crippen molar-refractivity contribution in [2.24, 2.45) is 0 Å². The smallest absolute Gasteiger partial charge is 0 e. The molecule has 46 heavy (non-hydrogen) atoms. The van der Waals surface area contributed by atoms with Gasteiger partial charge in [-0.05, 0) is 35.4 Å². The van der Waals surface area contributed by atoms with E-state index in [4.69, 9.17) is 5.79 Å². The van der Waals surface area contributed by atoms with Crippen molar-refractivity contribution in [2.75, 3.05) is 0 Å². The third-order valence-electron chi connectivity index (χ3n) is 7.82. The largest absolute Gasteiger partial charge is 0 e. The van der Waals surface area contributed by atoms with Gasteiger partial charge >= 0.3 is 99.8 Å². The zero-order valence-electron chi connectivity index (χ0n) is 27.5. The molecule has 4 aromatic carbocycles. The first kappa shape index (κ1) is 32.1. The molecule has 0 aliphatic heterocycles. The molecule has 6 heteroatoms. The SMILES string of the molecule is [2H]C(C)(C)c1ccnc(-c2[c-]ccc3c2oc2c(-c4ccc(F)cc4)cccc23)c1.[CH3][Ge]([CH3])([CH3])[c]1ccc(-c2[c-]cccc2)nc1.[Ir]. The van der Waals surface area contributed by atoms with Crippen LogP contribution in [-0.4, -0.2) is 23.2 Å². The molecule has 3 nitrogen and oxygen atoms in total. The van der Waals surface area contributed by atoms with Crippen LogP contribution in [0.5, 0.6) is 0 Å². The van der Waals surface area contributed by atoms with Crippen molar-refractivity contribution in [1.82, 2.24) is 9.97 Å². The number of hydrogen-bond acceptors (Lipinski definition) is 3. The number of pyridine rings is 2. The maximum atomic E-state index is 13.4. The average Bonchev–Trinajstić information content (AvgIpc) is 3.45. The summed E-state index contributed by atoms with van der Waals surface area (Å²) in [5, 5.41) is 1.96. The molecule has 1 radical (unpaired) electrons. The van der Waals surface area contributed by atoms with Crippen LogP contribution in [0, 0.1) is 17.9 Å². The van der Waals surface area contributed by atoms with E-state index in [1.165, 1.54) is 16.5 Å². The van der Waals surface area contributed by atoms with Gasteiger partial charge < -0.3 is 9.40 Å². The van der Waals surface area contributed by atoms with Crippen molar-refractivity contribution in [2.45, 2.75) is 37.0 Å². The zero-order valence-corrected chi connectivity index (χ0v) is 31.0. The van der Waals surface area contributed by atoms with Crippen molar-refractivity contribution in [3.8, 4) is 33.6 Å². The minimum Gasteiger partial charge on any atom is 0 e. The molecule has 0 bridgehead atoms. The van der Waals surface area contributed by atoms with Gasteiger partial charge in [0.2, 0.25) is 0 Å². The Morgan fingerprint density at radius 2 is 1.57 bits per heavy atom. The van der Waals surface area contributed by atoms with Gasteiger partial charge in [0.05, 0.1) is 5.58 Å². The first-order valence-corrected chi connectivity index (χ1v) is 22.4. The Balaban J connectivity index is 0.000000217. The topological polar surface area (TPSA) is 38.9 Å². The molecule has 3 heterocycles. The molecule has 0 atom stereocenters. The van der Waals surface area contributed by atoms with E-state index in [2.05, 4.69) is 51.5 Å². The van der Waals surface area contributed by atoms with Gasteiger partial charge in [0.15, 0.2) is 0 Å². The van der Waals surface area contributed by atoms with Gasteiger partial charge in [0.25, 0.3) is 0 Å². The number of fused-ring (bicyclic) bond motifs is 3. The molecule has 233 valence electrons. The molecular formula is C40H35FGeIrN2O-2. The molecule has 0 spiro atoms. The third-order valence-corrected chi connectivity index (χ3v) is 12.1. The molecule has 7 rings (SSSR count). The Morgan fingerprint density at radius 3 is 2.24 bits per heavy atom. The van der Waals surface area contributed by atoms with Crippen LogP contribution in [0.1, 0.15) is 26.7 Å². The van der Waals surface area contributed by atoms with Gasteiger partial charge in [0, 0.05) is 38.6 Å². The molecule has 7 aromatic rings. The van der Waals surface area contributed by atoms with Crippen LogP contribution >= 0.6 is 0 Å². The number of halogens is 1. The molecule has 0 fully saturated rings. The van der Waals surface area contributed by atoms with Crippen molar-refractivity contribution >= 4 is 39.6 Å². The summed E-state index contributed by atoms with van der Waals surface area (Å²) in [5.41, 5.74) is 7.69. The van der Waals surface area contributed by atoms with E-state index in [1.54, 1.807) is 18.3 Å². The maximum absolute atomic E-state index is 13.4. The van der Waals surface area contributed by atoms with Crippen LogP contribution < -0.4 is 4.40 Å². The predicted octanol–water partition coefficient (Wildman–Crippen LogP) is 10.5. The van der Waals surface area contributed by atoms with Gasteiger partial charge in [-0.15, -0.1) is 18.2 Å². The standard InChI is InChI=1S/C26H19FNO.C14H16GeN.Ir/c1-16(2)18-13-14-28-24(15-18)23-8-4-7-22-21-6-3-5-20(25(21)29-26(22)23)17-9-11-19(27)12-10-17;1-15(2,3)13-9-10-14(16-11-13)12-7-5-4-6-8-12;/h3-7,9-16H,1-2H3;4-7,9-11H,1-3H3;/q2*-1;/i16D;;. The average molecular weight is 845 g/mol. The number of nitrogens with zero attached hydrogens (tertiary/aromatic N) is 2. The normalized spacial score (nSPS) is 11.8. The molecule has 0 aliphatic rings. The van der Waals surface area contributed by atoms with E-state index in [0.29, 0.717) is 5.58 Å². The van der Waals surface area contributed by atoms with Crippen molar-refractivity contribution < 1.29 is 30.3 Å². The molecule has 0 aliphatic carbocycles. The van der Waals surface area contributed by atoms with Gasteiger partial charge in [-0.3, -0.25) is 0 Å². The summed E-state index contributed by atoms with van der Waals surface area (Å²) in [6, 6.07) is 38.8. The molecule has 0 saturated heterocycles. The van der Waals surface area contributed by atoms with Crippen LogP contribution in [0.2, 0.25) is 17.3 Å². The van der Waals surface area contributed by atoms with E-state index in [-0.39, 0.29) is 25.9 Å². The van der Waals surface area contributed by atoms with Crippen LogP contribution in [-0.2, 0) is 20.1 Å². The molecule has 0 unspecified atom stereocenters. The Morgan fingerprint density at radius 1 is 0.783 bits per heavy atom. The summed E-state index contributed by atoms with van der Waals surface area (Å²) in [6.45, 7) is 3.71. The summed E-state index contributed by atoms with van der Waals surface area (Å²) in [7, 11) is 0. The monoisotopic (exact) mass is 846 g/mol. The number of para-hydroxylation sites is 1. The number of furan rings is 1. The fraction of sp³-hybridized carbons (Fsp3) is 0.150. The van der Waals surface area contributed by atoms with Crippen LogP contribution in [0.15, 0.2) is 120 Å². The summed E-state index contributed by atoms with van der Waals surface area (Å²) < 4.78 is 29.5. The molecule has 0 amide bonds. The van der Waals surface area contributed by atoms with Crippen LogP contribution in [0.4, 0.5) is 4.39 Å². The number of benzene rings is 4. The molecule has 0 saturated carbocycles. The maximum Gasteiger partial charge on any atom is 0 e. The Labute approximate surface area is 288 Å². The first-order chi connectivity index (χ1) is 22.0. The summed E-state index contributed by atoms with van der Waals surface area (Å²) in [6.07, 6.45) is 3.76. The fourth-order valence-corrected chi connectivity index (χ4v) is 7.41. The third kappa shape index (κ3) is 7.23. The molecule has 0 N–H and O–H groups in total. The van der Waals surface area contributed by atoms with Gasteiger partial charge in [-0.2, -0.15) is 0 Å². The van der Waals surface area contributed by atoms with Gasteiger partial charge in [-0.25, -0.2) is 4.39 Å². The number of rotatable bonds is 5. The van der Waals surface area contributed by atoms with Gasteiger partial charge in [-0.1, -0.05) is 66.8 Å². The van der Waals surface area contributed by atoms with E-state index in [9.17, 15) is 4.39 Å². The van der Waals surface area contributed by atoms with E-state index < -0.39 is 19.2 Å². The van der Waals surface area contributed by atoms with Crippen molar-refractivity contribution in [3.05, 3.63) is 139 Å². The number of aromatic nitrogens is 2. The second-order valence-electron chi connectivity index (χ2n) is 12.3. The fourth-order valence-electron chi connectivity index (χ4n) is 5.24. The van der Waals surface area contributed by atoms with Crippen LogP contribution in [0.25, 0.3) is 55.6 Å². The summed E-state index contributed by atoms with van der Waals surface area (Å²) >= 11 is -1.72. The Hall–Kier alpha value is -3.90. The predicted molar refractivity (Wildman–Crippen MR) is 187 cm³/mol. The second kappa shape index (κ2) is 14.3. The number of hydrogen-bond donors (Lipinski definition) is 0.